The van der Waals surface area contributed by atoms with Crippen LogP contribution in [0, 0.1) is 5.41 Å². The number of unbranched alkanes of at least 4 members (excludes halogenated alkanes) is 1. The lowest BCUT2D eigenvalue weighted by molar-refractivity contribution is -0.135. The minimum absolute atomic E-state index is 0.164. The minimum Gasteiger partial charge on any atom is -0.345 e. The predicted molar refractivity (Wildman–Crippen MR) is 53.3 cm³/mol. The molecule has 0 heterocycles. The molecule has 0 saturated heterocycles. The van der Waals surface area contributed by atoms with E-state index in [2.05, 4.69) is 6.92 Å². The second-order valence-corrected chi connectivity index (χ2v) is 4.06. The smallest absolute Gasteiger partial charge is 0.229 e. The van der Waals surface area contributed by atoms with Crippen molar-refractivity contribution in [2.24, 2.45) is 11.1 Å². The third-order valence-corrected chi connectivity index (χ3v) is 2.89. The third-order valence-electron chi connectivity index (χ3n) is 2.89. The molecule has 0 radical (unpaired) electrons. The van der Waals surface area contributed by atoms with Crippen molar-refractivity contribution in [2.45, 2.75) is 32.6 Å². The van der Waals surface area contributed by atoms with Crippen LogP contribution in [0.1, 0.15) is 32.6 Å². The van der Waals surface area contributed by atoms with Gasteiger partial charge < -0.3 is 10.6 Å². The molecule has 1 saturated carbocycles. The van der Waals surface area contributed by atoms with Gasteiger partial charge in [0.25, 0.3) is 0 Å². The van der Waals surface area contributed by atoms with Crippen molar-refractivity contribution in [3.8, 4) is 0 Å². The number of rotatable bonds is 5. The molecular weight excluding hydrogens is 164 g/mol. The van der Waals surface area contributed by atoms with Crippen LogP contribution in [0.5, 0.6) is 0 Å². The summed E-state index contributed by atoms with van der Waals surface area (Å²) in [5.74, 6) is 0.253. The minimum atomic E-state index is -0.164. The van der Waals surface area contributed by atoms with Gasteiger partial charge in [-0.1, -0.05) is 13.3 Å². The molecular formula is C10H20N2O. The third kappa shape index (κ3) is 2.21. The summed E-state index contributed by atoms with van der Waals surface area (Å²) in [7, 11) is 1.88. The number of hydrogen-bond acceptors (Lipinski definition) is 2. The summed E-state index contributed by atoms with van der Waals surface area (Å²) in [6.07, 6.45) is 4.19. The van der Waals surface area contributed by atoms with Gasteiger partial charge in [-0.25, -0.2) is 0 Å². The van der Waals surface area contributed by atoms with Gasteiger partial charge in [-0.15, -0.1) is 0 Å². The van der Waals surface area contributed by atoms with Crippen molar-refractivity contribution >= 4 is 5.91 Å². The first kappa shape index (κ1) is 10.5. The Balaban J connectivity index is 2.38. The van der Waals surface area contributed by atoms with Gasteiger partial charge in [0, 0.05) is 20.1 Å². The average Bonchev–Trinajstić information content (AvgIpc) is 2.93. The summed E-state index contributed by atoms with van der Waals surface area (Å²) in [5, 5.41) is 0. The van der Waals surface area contributed by atoms with Gasteiger partial charge in [0.2, 0.25) is 5.91 Å². The number of nitrogens with zero attached hydrogens (tertiary/aromatic N) is 1. The molecule has 76 valence electrons. The maximum absolute atomic E-state index is 11.8. The largest absolute Gasteiger partial charge is 0.345 e. The lowest BCUT2D eigenvalue weighted by Crippen LogP contribution is -2.38. The molecule has 1 fully saturated rings. The van der Waals surface area contributed by atoms with Crippen LogP contribution in [0.4, 0.5) is 0 Å². The molecule has 1 rings (SSSR count). The molecule has 2 N–H and O–H groups in total. The number of carbonyl (C=O) groups is 1. The number of hydrogen-bond donors (Lipinski definition) is 1. The Kier molecular flexibility index (Phi) is 3.31. The monoisotopic (exact) mass is 184 g/mol. The topological polar surface area (TPSA) is 46.3 Å². The Labute approximate surface area is 80.3 Å². The molecule has 0 aromatic carbocycles. The Morgan fingerprint density at radius 3 is 2.54 bits per heavy atom. The lowest BCUT2D eigenvalue weighted by atomic mass is 10.1. The van der Waals surface area contributed by atoms with E-state index in [9.17, 15) is 4.79 Å². The Bertz CT molecular complexity index is 187. The molecule has 0 aliphatic heterocycles. The summed E-state index contributed by atoms with van der Waals surface area (Å²) in [6, 6.07) is 0. The van der Waals surface area contributed by atoms with Crippen molar-refractivity contribution in [2.75, 3.05) is 20.1 Å². The fourth-order valence-electron chi connectivity index (χ4n) is 1.56. The Morgan fingerprint density at radius 2 is 2.15 bits per heavy atom. The van der Waals surface area contributed by atoms with Crippen molar-refractivity contribution in [1.29, 1.82) is 0 Å². The standard InChI is InChI=1S/C10H20N2O/c1-3-4-7-12(2)9(13)10(8-11)5-6-10/h3-8,11H2,1-2H3. The van der Waals surface area contributed by atoms with Gasteiger partial charge in [0.1, 0.15) is 0 Å². The predicted octanol–water partition coefficient (Wildman–Crippen LogP) is 0.984. The summed E-state index contributed by atoms with van der Waals surface area (Å²) < 4.78 is 0. The highest BCUT2D eigenvalue weighted by Gasteiger charge is 2.49. The quantitative estimate of drug-likeness (QED) is 0.692. The van der Waals surface area contributed by atoms with Gasteiger partial charge >= 0.3 is 0 Å². The normalized spacial score (nSPS) is 18.4. The van der Waals surface area contributed by atoms with Crippen LogP contribution >= 0.6 is 0 Å². The van der Waals surface area contributed by atoms with E-state index >= 15 is 0 Å². The Hall–Kier alpha value is -0.570. The van der Waals surface area contributed by atoms with Crippen LogP contribution in [-0.2, 0) is 4.79 Å². The first-order valence-corrected chi connectivity index (χ1v) is 5.12. The molecule has 13 heavy (non-hydrogen) atoms. The first-order chi connectivity index (χ1) is 6.16. The Morgan fingerprint density at radius 1 is 1.54 bits per heavy atom. The van der Waals surface area contributed by atoms with E-state index in [0.717, 1.165) is 32.2 Å². The molecule has 1 amide bonds. The summed E-state index contributed by atoms with van der Waals surface area (Å²) in [6.45, 7) is 3.52. The summed E-state index contributed by atoms with van der Waals surface area (Å²) >= 11 is 0. The molecule has 3 nitrogen and oxygen atoms in total. The maximum Gasteiger partial charge on any atom is 0.229 e. The second kappa shape index (κ2) is 4.09. The molecule has 1 aliphatic carbocycles. The van der Waals surface area contributed by atoms with Crippen LogP contribution in [-0.4, -0.2) is 30.9 Å². The van der Waals surface area contributed by atoms with Crippen molar-refractivity contribution < 1.29 is 4.79 Å². The number of amides is 1. The van der Waals surface area contributed by atoms with E-state index < -0.39 is 0 Å². The van der Waals surface area contributed by atoms with Crippen LogP contribution in [0.2, 0.25) is 0 Å². The zero-order valence-electron chi connectivity index (χ0n) is 8.68. The van der Waals surface area contributed by atoms with Crippen LogP contribution in [0.25, 0.3) is 0 Å². The highest BCUT2D eigenvalue weighted by Crippen LogP contribution is 2.45. The molecule has 0 aromatic heterocycles. The van der Waals surface area contributed by atoms with E-state index in [1.807, 2.05) is 11.9 Å². The molecule has 0 bridgehead atoms. The molecule has 0 spiro atoms. The van der Waals surface area contributed by atoms with E-state index in [1.54, 1.807) is 0 Å². The second-order valence-electron chi connectivity index (χ2n) is 4.06. The average molecular weight is 184 g/mol. The molecule has 0 unspecified atom stereocenters. The zero-order chi connectivity index (χ0) is 9.90. The van der Waals surface area contributed by atoms with Gasteiger partial charge in [0.15, 0.2) is 0 Å². The van der Waals surface area contributed by atoms with Gasteiger partial charge in [-0.2, -0.15) is 0 Å². The van der Waals surface area contributed by atoms with E-state index in [4.69, 9.17) is 5.73 Å². The fourth-order valence-corrected chi connectivity index (χ4v) is 1.56. The molecule has 3 heteroatoms. The van der Waals surface area contributed by atoms with Crippen LogP contribution in [0.15, 0.2) is 0 Å². The number of nitrogens with two attached hydrogens (primary N) is 1. The highest BCUT2D eigenvalue weighted by molar-refractivity contribution is 5.85. The molecule has 0 aromatic rings. The summed E-state index contributed by atoms with van der Waals surface area (Å²) in [5.41, 5.74) is 5.42. The van der Waals surface area contributed by atoms with Crippen LogP contribution < -0.4 is 5.73 Å². The van der Waals surface area contributed by atoms with E-state index in [1.165, 1.54) is 0 Å². The van der Waals surface area contributed by atoms with Crippen LogP contribution in [0.3, 0.4) is 0 Å². The number of carbonyl (C=O) groups excluding carboxylic acids is 1. The lowest BCUT2D eigenvalue weighted by Gasteiger charge is -2.22. The van der Waals surface area contributed by atoms with Crippen molar-refractivity contribution in [3.63, 3.8) is 0 Å². The SMILES string of the molecule is CCCCN(C)C(=O)C1(CN)CC1. The first-order valence-electron chi connectivity index (χ1n) is 5.12. The van der Waals surface area contributed by atoms with Crippen molar-refractivity contribution in [1.82, 2.24) is 4.90 Å². The fraction of sp³-hybridized carbons (Fsp3) is 0.900. The van der Waals surface area contributed by atoms with E-state index in [0.29, 0.717) is 6.54 Å². The van der Waals surface area contributed by atoms with Gasteiger partial charge in [-0.3, -0.25) is 4.79 Å². The summed E-state index contributed by atoms with van der Waals surface area (Å²) in [4.78, 5) is 13.6. The van der Waals surface area contributed by atoms with Gasteiger partial charge in [0.05, 0.1) is 5.41 Å². The highest BCUT2D eigenvalue weighted by atomic mass is 16.2. The van der Waals surface area contributed by atoms with E-state index in [-0.39, 0.29) is 11.3 Å². The van der Waals surface area contributed by atoms with Gasteiger partial charge in [-0.05, 0) is 19.3 Å². The molecule has 1 aliphatic rings. The molecule has 0 atom stereocenters. The van der Waals surface area contributed by atoms with Crippen molar-refractivity contribution in [3.05, 3.63) is 0 Å². The zero-order valence-corrected chi connectivity index (χ0v) is 8.68. The maximum atomic E-state index is 11.8.